The van der Waals surface area contributed by atoms with Crippen molar-refractivity contribution in [1.29, 1.82) is 5.26 Å². The number of carbonyl (C=O) groups is 1. The molecule has 3 rings (SSSR count). The molecule has 33 heavy (non-hydrogen) atoms. The first kappa shape index (κ1) is 23.6. The van der Waals surface area contributed by atoms with E-state index in [-0.39, 0.29) is 18.0 Å². The molecule has 1 N–H and O–H groups in total. The first-order valence-electron chi connectivity index (χ1n) is 10.5. The van der Waals surface area contributed by atoms with Gasteiger partial charge in [0.2, 0.25) is 0 Å². The minimum Gasteiger partial charge on any atom is -0.490 e. The molecule has 0 aromatic heterocycles. The fourth-order valence-corrected chi connectivity index (χ4v) is 3.12. The predicted molar refractivity (Wildman–Crippen MR) is 126 cm³/mol. The molecule has 5 nitrogen and oxygen atoms in total. The normalized spacial score (nSPS) is 10.9. The number of halogens is 1. The van der Waals surface area contributed by atoms with E-state index in [2.05, 4.69) is 5.32 Å². The van der Waals surface area contributed by atoms with Gasteiger partial charge in [-0.15, -0.1) is 0 Å². The molecular formula is C27H25FN2O3. The van der Waals surface area contributed by atoms with Crippen LogP contribution in [0, 0.1) is 31.0 Å². The Kier molecular flexibility index (Phi) is 7.82. The highest BCUT2D eigenvalue weighted by atomic mass is 19.1. The topological polar surface area (TPSA) is 71.3 Å². The maximum atomic E-state index is 13.4. The highest BCUT2D eigenvalue weighted by Crippen LogP contribution is 2.30. The van der Waals surface area contributed by atoms with Gasteiger partial charge in [-0.2, -0.15) is 5.26 Å². The van der Waals surface area contributed by atoms with Crippen LogP contribution in [0.15, 0.2) is 66.2 Å². The summed E-state index contributed by atoms with van der Waals surface area (Å²) in [5.74, 6) is 0.126. The molecule has 0 aliphatic rings. The Hall–Kier alpha value is -4.11. The maximum Gasteiger partial charge on any atom is 0.266 e. The van der Waals surface area contributed by atoms with E-state index >= 15 is 0 Å². The van der Waals surface area contributed by atoms with E-state index in [4.69, 9.17) is 9.47 Å². The van der Waals surface area contributed by atoms with E-state index in [0.717, 1.165) is 11.1 Å². The van der Waals surface area contributed by atoms with Gasteiger partial charge in [0.05, 0.1) is 6.61 Å². The van der Waals surface area contributed by atoms with Crippen molar-refractivity contribution in [2.45, 2.75) is 27.4 Å². The van der Waals surface area contributed by atoms with Crippen molar-refractivity contribution in [3.05, 3.63) is 94.3 Å². The molecule has 0 bridgehead atoms. The van der Waals surface area contributed by atoms with Gasteiger partial charge in [0, 0.05) is 5.69 Å². The van der Waals surface area contributed by atoms with Gasteiger partial charge in [0.25, 0.3) is 5.91 Å². The van der Waals surface area contributed by atoms with Crippen LogP contribution in [0.1, 0.15) is 29.2 Å². The van der Waals surface area contributed by atoms with E-state index in [0.29, 0.717) is 34.9 Å². The van der Waals surface area contributed by atoms with Crippen LogP contribution in [-0.4, -0.2) is 12.5 Å². The summed E-state index contributed by atoms with van der Waals surface area (Å²) in [6.07, 6.45) is 1.50. The van der Waals surface area contributed by atoms with E-state index in [9.17, 15) is 14.4 Å². The number of aryl methyl sites for hydroxylation is 2. The van der Waals surface area contributed by atoms with Gasteiger partial charge in [-0.05, 0) is 85.5 Å². The van der Waals surface area contributed by atoms with Crippen LogP contribution in [0.4, 0.5) is 10.1 Å². The van der Waals surface area contributed by atoms with Crippen molar-refractivity contribution in [1.82, 2.24) is 0 Å². The number of hydrogen-bond donors (Lipinski definition) is 1. The molecule has 0 heterocycles. The molecular weight excluding hydrogens is 419 g/mol. The van der Waals surface area contributed by atoms with Crippen molar-refractivity contribution < 1.29 is 18.7 Å². The summed E-state index contributed by atoms with van der Waals surface area (Å²) in [5, 5.41) is 12.3. The smallest absolute Gasteiger partial charge is 0.266 e. The molecule has 0 aliphatic heterocycles. The number of carbonyl (C=O) groups excluding carboxylic acids is 1. The predicted octanol–water partition coefficient (Wildman–Crippen LogP) is 5.97. The van der Waals surface area contributed by atoms with Crippen LogP contribution in [0.25, 0.3) is 6.08 Å². The van der Waals surface area contributed by atoms with Crippen LogP contribution < -0.4 is 14.8 Å². The van der Waals surface area contributed by atoms with Gasteiger partial charge in [-0.1, -0.05) is 24.3 Å². The lowest BCUT2D eigenvalue weighted by atomic mass is 10.1. The van der Waals surface area contributed by atoms with E-state index in [1.807, 2.05) is 39.0 Å². The Morgan fingerprint density at radius 3 is 2.55 bits per heavy atom. The van der Waals surface area contributed by atoms with E-state index in [1.165, 1.54) is 18.2 Å². The quantitative estimate of drug-likeness (QED) is 0.343. The molecule has 0 unspecified atom stereocenters. The minimum absolute atomic E-state index is 0.0379. The monoisotopic (exact) mass is 444 g/mol. The lowest BCUT2D eigenvalue weighted by Gasteiger charge is -2.13. The van der Waals surface area contributed by atoms with Gasteiger partial charge < -0.3 is 14.8 Å². The number of anilines is 1. The molecule has 0 aliphatic carbocycles. The average molecular weight is 445 g/mol. The zero-order chi connectivity index (χ0) is 23.8. The van der Waals surface area contributed by atoms with Crippen LogP contribution in [-0.2, 0) is 11.4 Å². The number of rotatable bonds is 8. The number of nitriles is 1. The summed E-state index contributed by atoms with van der Waals surface area (Å²) in [5.41, 5.74) is 4.06. The van der Waals surface area contributed by atoms with Gasteiger partial charge in [0.1, 0.15) is 24.1 Å². The molecule has 3 aromatic rings. The first-order chi connectivity index (χ1) is 15.9. The highest BCUT2D eigenvalue weighted by molar-refractivity contribution is 6.09. The van der Waals surface area contributed by atoms with Crippen molar-refractivity contribution in [2.75, 3.05) is 11.9 Å². The average Bonchev–Trinajstić information content (AvgIpc) is 2.79. The molecule has 3 aromatic carbocycles. The Morgan fingerprint density at radius 2 is 1.85 bits per heavy atom. The van der Waals surface area contributed by atoms with Gasteiger partial charge in [-0.25, -0.2) is 4.39 Å². The number of benzene rings is 3. The summed E-state index contributed by atoms with van der Waals surface area (Å²) in [7, 11) is 0. The number of nitrogens with one attached hydrogen (secondary N) is 1. The number of nitrogens with zero attached hydrogens (tertiary/aromatic N) is 1. The van der Waals surface area contributed by atoms with E-state index in [1.54, 1.807) is 36.4 Å². The fraction of sp³-hybridized carbons (Fsp3) is 0.185. The van der Waals surface area contributed by atoms with Crippen molar-refractivity contribution in [3.63, 3.8) is 0 Å². The van der Waals surface area contributed by atoms with Crippen LogP contribution in [0.5, 0.6) is 11.5 Å². The molecule has 168 valence electrons. The second-order valence-electron chi connectivity index (χ2n) is 7.48. The summed E-state index contributed by atoms with van der Waals surface area (Å²) in [6.45, 7) is 6.37. The standard InChI is InChI=1S/C27H25FN2O3/c1-4-32-26-15-20(9-11-25(26)33-17-21-6-5-7-23(28)14-21)13-22(16-29)27(31)30-24-10-8-18(2)19(3)12-24/h5-15H,4,17H2,1-3H3,(H,30,31)/b22-13+. The lowest BCUT2D eigenvalue weighted by molar-refractivity contribution is -0.112. The van der Waals surface area contributed by atoms with Crippen molar-refractivity contribution in [3.8, 4) is 17.6 Å². The maximum absolute atomic E-state index is 13.4. The van der Waals surface area contributed by atoms with E-state index < -0.39 is 5.91 Å². The summed E-state index contributed by atoms with van der Waals surface area (Å²) in [6, 6.07) is 18.8. The lowest BCUT2D eigenvalue weighted by Crippen LogP contribution is -2.13. The number of hydrogen-bond acceptors (Lipinski definition) is 4. The first-order valence-corrected chi connectivity index (χ1v) is 10.5. The molecule has 0 radical (unpaired) electrons. The fourth-order valence-electron chi connectivity index (χ4n) is 3.12. The zero-order valence-electron chi connectivity index (χ0n) is 18.8. The molecule has 1 amide bonds. The summed E-state index contributed by atoms with van der Waals surface area (Å²) in [4.78, 5) is 12.6. The third kappa shape index (κ3) is 6.44. The number of amides is 1. The van der Waals surface area contributed by atoms with Crippen LogP contribution >= 0.6 is 0 Å². The molecule has 6 heteroatoms. The second kappa shape index (κ2) is 11.0. The number of ether oxygens (including phenoxy) is 2. The largest absolute Gasteiger partial charge is 0.490 e. The minimum atomic E-state index is -0.495. The second-order valence-corrected chi connectivity index (χ2v) is 7.48. The third-order valence-electron chi connectivity index (χ3n) is 4.99. The van der Waals surface area contributed by atoms with Crippen LogP contribution in [0.2, 0.25) is 0 Å². The van der Waals surface area contributed by atoms with Crippen LogP contribution in [0.3, 0.4) is 0 Å². The van der Waals surface area contributed by atoms with Gasteiger partial charge in [-0.3, -0.25) is 4.79 Å². The molecule has 0 atom stereocenters. The Bertz CT molecular complexity index is 1230. The highest BCUT2D eigenvalue weighted by Gasteiger charge is 2.12. The molecule has 0 saturated heterocycles. The summed E-state index contributed by atoms with van der Waals surface area (Å²) < 4.78 is 24.9. The SMILES string of the molecule is CCOc1cc(/C=C(\C#N)C(=O)Nc2ccc(C)c(C)c2)ccc1OCc1cccc(F)c1. The Balaban J connectivity index is 1.78. The van der Waals surface area contributed by atoms with Crippen molar-refractivity contribution >= 4 is 17.7 Å². The molecule has 0 spiro atoms. The summed E-state index contributed by atoms with van der Waals surface area (Å²) >= 11 is 0. The zero-order valence-corrected chi connectivity index (χ0v) is 18.8. The molecule has 0 saturated carbocycles. The molecule has 0 fully saturated rings. The Morgan fingerprint density at radius 1 is 1.03 bits per heavy atom. The van der Waals surface area contributed by atoms with Crippen molar-refractivity contribution in [2.24, 2.45) is 0 Å². The Labute approximate surface area is 193 Å². The van der Waals surface area contributed by atoms with Gasteiger partial charge in [0.15, 0.2) is 11.5 Å². The van der Waals surface area contributed by atoms with Gasteiger partial charge >= 0.3 is 0 Å². The third-order valence-corrected chi connectivity index (χ3v) is 4.99.